The third-order valence-corrected chi connectivity index (χ3v) is 3.50. The Bertz CT molecular complexity index is 632. The van der Waals surface area contributed by atoms with E-state index in [1.165, 1.54) is 0 Å². The topological polar surface area (TPSA) is 85.6 Å². The van der Waals surface area contributed by atoms with Crippen LogP contribution in [0.1, 0.15) is 51.0 Å². The second kappa shape index (κ2) is 7.30. The fourth-order valence-corrected chi connectivity index (χ4v) is 2.38. The Labute approximate surface area is 136 Å². The van der Waals surface area contributed by atoms with Gasteiger partial charge in [-0.1, -0.05) is 26.8 Å². The van der Waals surface area contributed by atoms with Gasteiger partial charge in [-0.3, -0.25) is 9.78 Å². The summed E-state index contributed by atoms with van der Waals surface area (Å²) in [5.41, 5.74) is 1.12. The van der Waals surface area contributed by atoms with E-state index in [1.54, 1.807) is 10.9 Å². The van der Waals surface area contributed by atoms with Crippen molar-refractivity contribution in [2.45, 2.75) is 53.1 Å². The predicted octanol–water partition coefficient (Wildman–Crippen LogP) is 2.06. The number of tetrazole rings is 1. The van der Waals surface area contributed by atoms with Gasteiger partial charge in [-0.15, -0.1) is 5.10 Å². The van der Waals surface area contributed by atoms with E-state index in [-0.39, 0.29) is 17.4 Å². The first-order valence-corrected chi connectivity index (χ1v) is 7.77. The van der Waals surface area contributed by atoms with Crippen molar-refractivity contribution in [3.8, 4) is 0 Å². The molecule has 0 saturated carbocycles. The standard InChI is InChI=1S/C16H24N6O/c1-12-19-20-21-22(12)9-7-15(23)18-14(10-16(2,3)4)13-6-5-8-17-11-13/h5-6,8,11,14H,7,9-10H2,1-4H3,(H,18,23)/t14-/m1/s1. The van der Waals surface area contributed by atoms with Crippen molar-refractivity contribution >= 4 is 5.91 Å². The van der Waals surface area contributed by atoms with E-state index < -0.39 is 0 Å². The van der Waals surface area contributed by atoms with Gasteiger partial charge in [0.05, 0.1) is 12.6 Å². The second-order valence-corrected chi connectivity index (χ2v) is 6.87. The third kappa shape index (κ3) is 5.43. The lowest BCUT2D eigenvalue weighted by Crippen LogP contribution is -2.32. The van der Waals surface area contributed by atoms with Gasteiger partial charge in [0.1, 0.15) is 5.82 Å². The normalized spacial score (nSPS) is 12.9. The molecule has 0 aromatic carbocycles. The molecule has 0 saturated heterocycles. The maximum atomic E-state index is 12.3. The van der Waals surface area contributed by atoms with Crippen LogP contribution < -0.4 is 5.32 Å². The molecule has 1 atom stereocenters. The van der Waals surface area contributed by atoms with Crippen molar-refractivity contribution < 1.29 is 4.79 Å². The van der Waals surface area contributed by atoms with Gasteiger partial charge < -0.3 is 5.32 Å². The van der Waals surface area contributed by atoms with Crippen LogP contribution in [0.15, 0.2) is 24.5 Å². The average molecular weight is 316 g/mol. The Morgan fingerprint density at radius 1 is 1.39 bits per heavy atom. The van der Waals surface area contributed by atoms with Gasteiger partial charge in [-0.2, -0.15) is 0 Å². The van der Waals surface area contributed by atoms with Crippen molar-refractivity contribution in [2.75, 3.05) is 0 Å². The van der Waals surface area contributed by atoms with E-state index in [4.69, 9.17) is 0 Å². The molecular weight excluding hydrogens is 292 g/mol. The maximum absolute atomic E-state index is 12.3. The number of aryl methyl sites for hydroxylation is 2. The largest absolute Gasteiger partial charge is 0.349 e. The SMILES string of the molecule is Cc1nnnn1CCC(=O)N[C@H](CC(C)(C)C)c1cccnc1. The van der Waals surface area contributed by atoms with Crippen LogP contribution >= 0.6 is 0 Å². The summed E-state index contributed by atoms with van der Waals surface area (Å²) in [5, 5.41) is 14.4. The van der Waals surface area contributed by atoms with Crippen LogP contribution in [0.4, 0.5) is 0 Å². The molecule has 7 heteroatoms. The monoisotopic (exact) mass is 316 g/mol. The van der Waals surface area contributed by atoms with E-state index in [0.29, 0.717) is 18.8 Å². The molecule has 0 unspecified atom stereocenters. The van der Waals surface area contributed by atoms with E-state index in [0.717, 1.165) is 12.0 Å². The highest BCUT2D eigenvalue weighted by molar-refractivity contribution is 5.76. The summed E-state index contributed by atoms with van der Waals surface area (Å²) in [6.45, 7) is 8.77. The smallest absolute Gasteiger partial charge is 0.222 e. The number of rotatable bonds is 6. The highest BCUT2D eigenvalue weighted by atomic mass is 16.1. The minimum atomic E-state index is -0.0498. The van der Waals surface area contributed by atoms with Gasteiger partial charge in [0.25, 0.3) is 0 Å². The Hall–Kier alpha value is -2.31. The lowest BCUT2D eigenvalue weighted by molar-refractivity contribution is -0.122. The van der Waals surface area contributed by atoms with Crippen LogP contribution in [0, 0.1) is 12.3 Å². The molecule has 1 N–H and O–H groups in total. The average Bonchev–Trinajstić information content (AvgIpc) is 2.89. The number of amides is 1. The van der Waals surface area contributed by atoms with Crippen molar-refractivity contribution in [2.24, 2.45) is 5.41 Å². The quantitative estimate of drug-likeness (QED) is 0.881. The first-order chi connectivity index (χ1) is 10.8. The zero-order valence-corrected chi connectivity index (χ0v) is 14.2. The summed E-state index contributed by atoms with van der Waals surface area (Å²) in [6, 6.07) is 3.84. The van der Waals surface area contributed by atoms with Gasteiger partial charge in [-0.25, -0.2) is 4.68 Å². The number of carbonyl (C=O) groups excluding carboxylic acids is 1. The van der Waals surface area contributed by atoms with Crippen LogP contribution in [-0.2, 0) is 11.3 Å². The first-order valence-electron chi connectivity index (χ1n) is 7.77. The molecule has 0 fully saturated rings. The van der Waals surface area contributed by atoms with Crippen LogP contribution in [0.3, 0.4) is 0 Å². The third-order valence-electron chi connectivity index (χ3n) is 3.50. The summed E-state index contributed by atoms with van der Waals surface area (Å²) in [6.07, 6.45) is 4.73. The van der Waals surface area contributed by atoms with Crippen molar-refractivity contribution in [1.82, 2.24) is 30.5 Å². The number of carbonyl (C=O) groups is 1. The number of hydrogen-bond donors (Lipinski definition) is 1. The Morgan fingerprint density at radius 3 is 2.74 bits per heavy atom. The number of pyridine rings is 1. The zero-order chi connectivity index (χ0) is 16.9. The van der Waals surface area contributed by atoms with Crippen molar-refractivity contribution in [1.29, 1.82) is 0 Å². The second-order valence-electron chi connectivity index (χ2n) is 6.87. The number of nitrogens with zero attached hydrogens (tertiary/aromatic N) is 5. The highest BCUT2D eigenvalue weighted by Gasteiger charge is 2.22. The predicted molar refractivity (Wildman–Crippen MR) is 86.4 cm³/mol. The van der Waals surface area contributed by atoms with Crippen molar-refractivity contribution in [3.63, 3.8) is 0 Å². The molecule has 0 aliphatic heterocycles. The number of hydrogen-bond acceptors (Lipinski definition) is 5. The van der Waals surface area contributed by atoms with Crippen molar-refractivity contribution in [3.05, 3.63) is 35.9 Å². The van der Waals surface area contributed by atoms with Crippen LogP contribution in [0.5, 0.6) is 0 Å². The lowest BCUT2D eigenvalue weighted by atomic mass is 9.86. The zero-order valence-electron chi connectivity index (χ0n) is 14.2. The molecule has 2 rings (SSSR count). The van der Waals surface area contributed by atoms with Gasteiger partial charge in [0.2, 0.25) is 5.91 Å². The minimum Gasteiger partial charge on any atom is -0.349 e. The molecular formula is C16H24N6O. The molecule has 0 radical (unpaired) electrons. The molecule has 7 nitrogen and oxygen atoms in total. The summed E-state index contributed by atoms with van der Waals surface area (Å²) < 4.78 is 1.63. The molecule has 23 heavy (non-hydrogen) atoms. The molecule has 2 aromatic rings. The van der Waals surface area contributed by atoms with E-state index >= 15 is 0 Å². The fraction of sp³-hybridized carbons (Fsp3) is 0.562. The van der Waals surface area contributed by atoms with E-state index in [1.807, 2.05) is 25.3 Å². The van der Waals surface area contributed by atoms with Gasteiger partial charge in [0, 0.05) is 18.8 Å². The molecule has 2 aromatic heterocycles. The maximum Gasteiger partial charge on any atom is 0.222 e. The number of aromatic nitrogens is 5. The van der Waals surface area contributed by atoms with Crippen LogP contribution in [-0.4, -0.2) is 31.1 Å². The molecule has 124 valence electrons. The molecule has 0 aliphatic rings. The number of nitrogens with one attached hydrogen (secondary N) is 1. The summed E-state index contributed by atoms with van der Waals surface area (Å²) in [4.78, 5) is 16.5. The Balaban J connectivity index is 1.99. The Morgan fingerprint density at radius 2 is 2.17 bits per heavy atom. The van der Waals surface area contributed by atoms with Gasteiger partial charge >= 0.3 is 0 Å². The molecule has 0 aliphatic carbocycles. The van der Waals surface area contributed by atoms with Gasteiger partial charge in [-0.05, 0) is 40.8 Å². The Kier molecular flexibility index (Phi) is 5.41. The van der Waals surface area contributed by atoms with Gasteiger partial charge in [0.15, 0.2) is 0 Å². The molecule has 0 spiro atoms. The lowest BCUT2D eigenvalue weighted by Gasteiger charge is -2.27. The summed E-state index contributed by atoms with van der Waals surface area (Å²) in [7, 11) is 0. The molecule has 0 bridgehead atoms. The fourth-order valence-electron chi connectivity index (χ4n) is 2.38. The molecule has 1 amide bonds. The summed E-state index contributed by atoms with van der Waals surface area (Å²) in [5.74, 6) is 0.689. The summed E-state index contributed by atoms with van der Waals surface area (Å²) >= 11 is 0. The first kappa shape index (κ1) is 17.1. The minimum absolute atomic E-state index is 0.0157. The van der Waals surface area contributed by atoms with E-state index in [2.05, 4.69) is 46.6 Å². The molecule has 2 heterocycles. The highest BCUT2D eigenvalue weighted by Crippen LogP contribution is 2.29. The van der Waals surface area contributed by atoms with Crippen LogP contribution in [0.25, 0.3) is 0 Å². The van der Waals surface area contributed by atoms with E-state index in [9.17, 15) is 4.79 Å². The van der Waals surface area contributed by atoms with Crippen LogP contribution in [0.2, 0.25) is 0 Å².